The van der Waals surface area contributed by atoms with Crippen molar-refractivity contribution in [2.45, 2.75) is 83.9 Å². The Morgan fingerprint density at radius 2 is 1.88 bits per heavy atom. The molecule has 3 saturated carbocycles. The normalized spacial score (nSPS) is 53.6. The van der Waals surface area contributed by atoms with Crippen LogP contribution < -0.4 is 0 Å². The molecular weight excluding hydrogens is 303 g/mol. The lowest BCUT2D eigenvalue weighted by Crippen LogP contribution is -2.55. The number of hydrogen-bond acceptors (Lipinski definition) is 2. The van der Waals surface area contributed by atoms with Gasteiger partial charge in [-0.2, -0.15) is 0 Å². The highest BCUT2D eigenvalue weighted by Crippen LogP contribution is 2.68. The number of fused-ring (bicyclic) bond motifs is 5. The smallest absolute Gasteiger partial charge is 0.174 e. The topological polar surface area (TPSA) is 37.3 Å². The minimum absolute atomic E-state index is 0.182. The molecule has 4 rings (SSSR count). The zero-order valence-corrected chi connectivity index (χ0v) is 15.3. The van der Waals surface area contributed by atoms with Gasteiger partial charge in [-0.25, -0.2) is 4.39 Å². The molecular formula is C21H31FO2. The fourth-order valence-electron chi connectivity index (χ4n) is 7.20. The molecule has 7 atom stereocenters. The van der Waals surface area contributed by atoms with E-state index in [1.807, 2.05) is 0 Å². The fourth-order valence-corrected chi connectivity index (χ4v) is 7.20. The predicted octanol–water partition coefficient (Wildman–Crippen LogP) is 4.61. The number of aliphatic hydroxyl groups excluding tert-OH is 1. The molecule has 0 aliphatic heterocycles. The Labute approximate surface area is 144 Å². The van der Waals surface area contributed by atoms with Crippen LogP contribution in [-0.4, -0.2) is 22.7 Å². The van der Waals surface area contributed by atoms with E-state index < -0.39 is 11.1 Å². The van der Waals surface area contributed by atoms with Crippen LogP contribution in [0.2, 0.25) is 0 Å². The average Bonchev–Trinajstić information content (AvgIpc) is 2.81. The molecule has 0 spiro atoms. The van der Waals surface area contributed by atoms with Crippen molar-refractivity contribution >= 4 is 5.78 Å². The Morgan fingerprint density at radius 3 is 2.58 bits per heavy atom. The van der Waals surface area contributed by atoms with Crippen LogP contribution in [0.25, 0.3) is 0 Å². The predicted molar refractivity (Wildman–Crippen MR) is 92.2 cm³/mol. The summed E-state index contributed by atoms with van der Waals surface area (Å²) in [4.78, 5) is 12.1. The van der Waals surface area contributed by atoms with E-state index in [9.17, 15) is 9.90 Å². The maximum Gasteiger partial charge on any atom is 0.174 e. The molecule has 4 aliphatic carbocycles. The van der Waals surface area contributed by atoms with Crippen LogP contribution in [0.1, 0.15) is 72.1 Å². The standard InChI is InChI=1S/C21H31FO2/c1-13(23)21(22)11-8-18-16-5-4-14-12-15(24)6-9-19(14,2)17(16)7-10-20(18,21)3/h4,15-18,24H,5-12H2,1-3H3. The molecule has 0 aromatic carbocycles. The molecule has 3 heteroatoms. The summed E-state index contributed by atoms with van der Waals surface area (Å²) < 4.78 is 15.6. The molecule has 0 aromatic rings. The lowest BCUT2D eigenvalue weighted by atomic mass is 9.47. The third-order valence-corrected chi connectivity index (χ3v) is 8.73. The molecule has 0 aromatic heterocycles. The third kappa shape index (κ3) is 1.94. The first-order valence-electron chi connectivity index (χ1n) is 9.80. The van der Waals surface area contributed by atoms with E-state index in [0.717, 1.165) is 44.9 Å². The van der Waals surface area contributed by atoms with E-state index in [1.54, 1.807) is 0 Å². The maximum atomic E-state index is 15.6. The van der Waals surface area contributed by atoms with Gasteiger partial charge in [0.05, 0.1) is 6.10 Å². The molecule has 0 amide bonds. The van der Waals surface area contributed by atoms with Gasteiger partial charge in [0.1, 0.15) is 0 Å². The molecule has 4 aliphatic rings. The number of carbonyl (C=O) groups is 1. The van der Waals surface area contributed by atoms with E-state index >= 15 is 4.39 Å². The van der Waals surface area contributed by atoms with Crippen molar-refractivity contribution in [3.63, 3.8) is 0 Å². The highest BCUT2D eigenvalue weighted by molar-refractivity contribution is 5.86. The highest BCUT2D eigenvalue weighted by atomic mass is 19.1. The van der Waals surface area contributed by atoms with E-state index in [4.69, 9.17) is 0 Å². The fraction of sp³-hybridized carbons (Fsp3) is 0.857. The van der Waals surface area contributed by atoms with Crippen molar-refractivity contribution in [1.29, 1.82) is 0 Å². The Bertz CT molecular complexity index is 599. The molecule has 1 N–H and O–H groups in total. The van der Waals surface area contributed by atoms with Gasteiger partial charge in [0.25, 0.3) is 0 Å². The Hall–Kier alpha value is -0.700. The van der Waals surface area contributed by atoms with Crippen LogP contribution in [-0.2, 0) is 4.79 Å². The quantitative estimate of drug-likeness (QED) is 0.711. The van der Waals surface area contributed by atoms with Gasteiger partial charge >= 0.3 is 0 Å². The van der Waals surface area contributed by atoms with Crippen LogP contribution in [0.15, 0.2) is 11.6 Å². The number of alkyl halides is 1. The van der Waals surface area contributed by atoms with Crippen LogP contribution in [0.4, 0.5) is 4.39 Å². The summed E-state index contributed by atoms with van der Waals surface area (Å²) in [5.41, 5.74) is -0.463. The number of Topliss-reactive ketones (excluding diaryl/α,β-unsaturated/α-hetero) is 1. The number of aliphatic hydroxyl groups is 1. The second-order valence-corrected chi connectivity index (χ2v) is 9.51. The second kappa shape index (κ2) is 5.16. The van der Waals surface area contributed by atoms with Crippen molar-refractivity contribution < 1.29 is 14.3 Å². The van der Waals surface area contributed by atoms with Crippen molar-refractivity contribution in [1.82, 2.24) is 0 Å². The molecule has 134 valence electrons. The van der Waals surface area contributed by atoms with Gasteiger partial charge in [0, 0.05) is 5.41 Å². The Morgan fingerprint density at radius 1 is 1.17 bits per heavy atom. The molecule has 0 heterocycles. The lowest BCUT2D eigenvalue weighted by molar-refractivity contribution is -0.144. The van der Waals surface area contributed by atoms with Gasteiger partial charge < -0.3 is 5.11 Å². The SMILES string of the molecule is CC(=O)C1(F)CCC2C3CC=C4CC(O)CCC4(C)C3CCC21C. The maximum absolute atomic E-state index is 15.6. The van der Waals surface area contributed by atoms with Crippen molar-refractivity contribution in [2.75, 3.05) is 0 Å². The molecule has 0 saturated heterocycles. The summed E-state index contributed by atoms with van der Waals surface area (Å²) in [6, 6.07) is 0. The minimum atomic E-state index is -1.61. The first-order valence-corrected chi connectivity index (χ1v) is 9.80. The average molecular weight is 334 g/mol. The molecule has 3 fully saturated rings. The zero-order chi connectivity index (χ0) is 17.3. The first kappa shape index (κ1) is 16.8. The number of hydrogen-bond donors (Lipinski definition) is 1. The highest BCUT2D eigenvalue weighted by Gasteiger charge is 2.66. The Balaban J connectivity index is 1.69. The summed E-state index contributed by atoms with van der Waals surface area (Å²) in [5.74, 6) is 1.17. The summed E-state index contributed by atoms with van der Waals surface area (Å²) in [6.07, 6.45) is 9.09. The summed E-state index contributed by atoms with van der Waals surface area (Å²) in [7, 11) is 0. The van der Waals surface area contributed by atoms with Gasteiger partial charge in [-0.15, -0.1) is 0 Å². The van der Waals surface area contributed by atoms with E-state index in [1.165, 1.54) is 12.5 Å². The molecule has 2 nitrogen and oxygen atoms in total. The summed E-state index contributed by atoms with van der Waals surface area (Å²) in [6.45, 7) is 5.88. The number of rotatable bonds is 1. The number of carbonyl (C=O) groups excluding carboxylic acids is 1. The van der Waals surface area contributed by atoms with E-state index in [0.29, 0.717) is 24.2 Å². The molecule has 0 radical (unpaired) electrons. The van der Waals surface area contributed by atoms with E-state index in [-0.39, 0.29) is 17.3 Å². The largest absolute Gasteiger partial charge is 0.393 e. The third-order valence-electron chi connectivity index (χ3n) is 8.73. The molecule has 7 unspecified atom stereocenters. The van der Waals surface area contributed by atoms with Gasteiger partial charge in [-0.05, 0) is 81.5 Å². The zero-order valence-electron chi connectivity index (χ0n) is 15.3. The van der Waals surface area contributed by atoms with Crippen molar-refractivity contribution in [3.8, 4) is 0 Å². The van der Waals surface area contributed by atoms with Crippen LogP contribution in [0.3, 0.4) is 0 Å². The van der Waals surface area contributed by atoms with Gasteiger partial charge in [-0.3, -0.25) is 4.79 Å². The van der Waals surface area contributed by atoms with Crippen molar-refractivity contribution in [3.05, 3.63) is 11.6 Å². The molecule has 0 bridgehead atoms. The van der Waals surface area contributed by atoms with Crippen LogP contribution in [0.5, 0.6) is 0 Å². The number of halogens is 1. The minimum Gasteiger partial charge on any atom is -0.393 e. The number of ketones is 1. The van der Waals surface area contributed by atoms with Gasteiger partial charge in [0.15, 0.2) is 11.5 Å². The monoisotopic (exact) mass is 334 g/mol. The summed E-state index contributed by atoms with van der Waals surface area (Å²) >= 11 is 0. The van der Waals surface area contributed by atoms with Crippen molar-refractivity contribution in [2.24, 2.45) is 28.6 Å². The Kier molecular flexibility index (Phi) is 3.60. The van der Waals surface area contributed by atoms with Gasteiger partial charge in [-0.1, -0.05) is 25.5 Å². The van der Waals surface area contributed by atoms with Crippen LogP contribution >= 0.6 is 0 Å². The molecule has 24 heavy (non-hydrogen) atoms. The van der Waals surface area contributed by atoms with E-state index in [2.05, 4.69) is 19.9 Å². The second-order valence-electron chi connectivity index (χ2n) is 9.51. The first-order chi connectivity index (χ1) is 11.2. The number of allylic oxidation sites excluding steroid dienone is 1. The lowest BCUT2D eigenvalue weighted by Gasteiger charge is -2.58. The van der Waals surface area contributed by atoms with Gasteiger partial charge in [0.2, 0.25) is 0 Å². The van der Waals surface area contributed by atoms with Crippen LogP contribution in [0, 0.1) is 28.6 Å². The summed E-state index contributed by atoms with van der Waals surface area (Å²) in [5, 5.41) is 10.1.